The molecule has 0 bridgehead atoms. The van der Waals surface area contributed by atoms with Crippen LogP contribution >= 0.6 is 0 Å². The summed E-state index contributed by atoms with van der Waals surface area (Å²) >= 11 is 0. The second kappa shape index (κ2) is 4.98. The fourth-order valence-electron chi connectivity index (χ4n) is 2.57. The van der Waals surface area contributed by atoms with Gasteiger partial charge in [-0.1, -0.05) is 29.8 Å². The van der Waals surface area contributed by atoms with Crippen LogP contribution in [-0.2, 0) is 11.2 Å². The van der Waals surface area contributed by atoms with E-state index in [0.29, 0.717) is 0 Å². The molecule has 88 valence electrons. The third-order valence-electron chi connectivity index (χ3n) is 3.42. The zero-order chi connectivity index (χ0) is 11.4. The number of ether oxygens (including phenoxy) is 1. The van der Waals surface area contributed by atoms with Crippen LogP contribution in [-0.4, -0.2) is 25.8 Å². The second-order valence-electron chi connectivity index (χ2n) is 4.91. The molecule has 1 atom stereocenters. The Balaban J connectivity index is 2.08. The van der Waals surface area contributed by atoms with Crippen LogP contribution in [0.4, 0.5) is 0 Å². The molecule has 1 aromatic rings. The predicted molar refractivity (Wildman–Crippen MR) is 66.7 cm³/mol. The molecule has 1 heterocycles. The maximum atomic E-state index is 5.36. The van der Waals surface area contributed by atoms with Crippen LogP contribution in [0, 0.1) is 6.92 Å². The molecule has 0 radical (unpaired) electrons. The van der Waals surface area contributed by atoms with E-state index in [2.05, 4.69) is 36.5 Å². The molecule has 1 fully saturated rings. The van der Waals surface area contributed by atoms with Crippen LogP contribution in [0.15, 0.2) is 24.3 Å². The average Bonchev–Trinajstić information content (AvgIpc) is 2.71. The van der Waals surface area contributed by atoms with Crippen molar-refractivity contribution in [1.29, 1.82) is 0 Å². The van der Waals surface area contributed by atoms with Crippen molar-refractivity contribution in [2.75, 3.05) is 20.3 Å². The second-order valence-corrected chi connectivity index (χ2v) is 4.91. The van der Waals surface area contributed by atoms with E-state index in [-0.39, 0.29) is 5.54 Å². The lowest BCUT2D eigenvalue weighted by Gasteiger charge is -2.29. The number of benzene rings is 1. The van der Waals surface area contributed by atoms with Crippen molar-refractivity contribution < 1.29 is 4.74 Å². The third kappa shape index (κ3) is 2.63. The molecular weight excluding hydrogens is 198 g/mol. The first kappa shape index (κ1) is 11.6. The maximum Gasteiger partial charge on any atom is 0.0647 e. The van der Waals surface area contributed by atoms with Gasteiger partial charge in [-0.25, -0.2) is 0 Å². The molecule has 1 aromatic carbocycles. The van der Waals surface area contributed by atoms with Crippen molar-refractivity contribution in [2.45, 2.75) is 31.7 Å². The molecule has 0 aliphatic carbocycles. The minimum atomic E-state index is 0.171. The van der Waals surface area contributed by atoms with E-state index in [1.54, 1.807) is 7.11 Å². The van der Waals surface area contributed by atoms with E-state index in [9.17, 15) is 0 Å². The Morgan fingerprint density at radius 2 is 2.06 bits per heavy atom. The molecule has 16 heavy (non-hydrogen) atoms. The lowest BCUT2D eigenvalue weighted by Crippen LogP contribution is -2.46. The summed E-state index contributed by atoms with van der Waals surface area (Å²) in [5.74, 6) is 0. The van der Waals surface area contributed by atoms with Crippen LogP contribution in [0.1, 0.15) is 24.0 Å². The van der Waals surface area contributed by atoms with Crippen molar-refractivity contribution in [1.82, 2.24) is 5.32 Å². The SMILES string of the molecule is COCC1(Cc2ccc(C)cc2)CCCN1. The van der Waals surface area contributed by atoms with Gasteiger partial charge in [0.1, 0.15) is 0 Å². The molecule has 0 amide bonds. The summed E-state index contributed by atoms with van der Waals surface area (Å²) in [4.78, 5) is 0. The number of hydrogen-bond donors (Lipinski definition) is 1. The average molecular weight is 219 g/mol. The van der Waals surface area contributed by atoms with E-state index < -0.39 is 0 Å². The smallest absolute Gasteiger partial charge is 0.0647 e. The zero-order valence-corrected chi connectivity index (χ0v) is 10.3. The summed E-state index contributed by atoms with van der Waals surface area (Å²) in [6.45, 7) is 4.05. The van der Waals surface area contributed by atoms with Gasteiger partial charge in [0.25, 0.3) is 0 Å². The van der Waals surface area contributed by atoms with Crippen molar-refractivity contribution in [3.8, 4) is 0 Å². The maximum absolute atomic E-state index is 5.36. The number of rotatable bonds is 4. The number of aryl methyl sites for hydroxylation is 1. The number of nitrogens with one attached hydrogen (secondary N) is 1. The molecule has 0 aromatic heterocycles. The van der Waals surface area contributed by atoms with E-state index in [1.807, 2.05) is 0 Å². The largest absolute Gasteiger partial charge is 0.383 e. The van der Waals surface area contributed by atoms with Gasteiger partial charge < -0.3 is 10.1 Å². The van der Waals surface area contributed by atoms with E-state index in [0.717, 1.165) is 19.6 Å². The summed E-state index contributed by atoms with van der Waals surface area (Å²) in [6.07, 6.45) is 3.55. The molecule has 1 aliphatic rings. The first-order chi connectivity index (χ1) is 7.74. The topological polar surface area (TPSA) is 21.3 Å². The minimum Gasteiger partial charge on any atom is -0.383 e. The fraction of sp³-hybridized carbons (Fsp3) is 0.571. The van der Waals surface area contributed by atoms with Crippen LogP contribution < -0.4 is 5.32 Å². The highest BCUT2D eigenvalue weighted by atomic mass is 16.5. The molecule has 2 heteroatoms. The molecule has 2 nitrogen and oxygen atoms in total. The van der Waals surface area contributed by atoms with Crippen molar-refractivity contribution >= 4 is 0 Å². The fourth-order valence-corrected chi connectivity index (χ4v) is 2.57. The van der Waals surface area contributed by atoms with Crippen LogP contribution in [0.5, 0.6) is 0 Å². The summed E-state index contributed by atoms with van der Waals surface area (Å²) < 4.78 is 5.36. The third-order valence-corrected chi connectivity index (χ3v) is 3.42. The monoisotopic (exact) mass is 219 g/mol. The van der Waals surface area contributed by atoms with Crippen LogP contribution in [0.2, 0.25) is 0 Å². The normalized spacial score (nSPS) is 24.9. The van der Waals surface area contributed by atoms with E-state index >= 15 is 0 Å². The molecule has 1 saturated heterocycles. The van der Waals surface area contributed by atoms with Gasteiger partial charge in [-0.15, -0.1) is 0 Å². The van der Waals surface area contributed by atoms with E-state index in [4.69, 9.17) is 4.74 Å². The molecule has 0 spiro atoms. The highest BCUT2D eigenvalue weighted by Crippen LogP contribution is 2.24. The predicted octanol–water partition coefficient (Wildman–Crippen LogP) is 2.31. The highest BCUT2D eigenvalue weighted by Gasteiger charge is 2.33. The van der Waals surface area contributed by atoms with Crippen molar-refractivity contribution in [3.63, 3.8) is 0 Å². The Bertz CT molecular complexity index is 325. The zero-order valence-electron chi connectivity index (χ0n) is 10.3. The standard InChI is InChI=1S/C14H21NO/c1-12-4-6-13(7-5-12)10-14(11-16-2)8-3-9-15-14/h4-7,15H,3,8-11H2,1-2H3. The van der Waals surface area contributed by atoms with Gasteiger partial charge in [0.15, 0.2) is 0 Å². The molecule has 0 saturated carbocycles. The molecule has 1 unspecified atom stereocenters. The van der Waals surface area contributed by atoms with Crippen LogP contribution in [0.25, 0.3) is 0 Å². The summed E-state index contributed by atoms with van der Waals surface area (Å²) in [5.41, 5.74) is 2.89. The van der Waals surface area contributed by atoms with Gasteiger partial charge in [0, 0.05) is 12.6 Å². The quantitative estimate of drug-likeness (QED) is 0.839. The Kier molecular flexibility index (Phi) is 3.62. The lowest BCUT2D eigenvalue weighted by molar-refractivity contribution is 0.120. The Morgan fingerprint density at radius 1 is 1.31 bits per heavy atom. The van der Waals surface area contributed by atoms with Gasteiger partial charge >= 0.3 is 0 Å². The van der Waals surface area contributed by atoms with Gasteiger partial charge in [0.05, 0.1) is 6.61 Å². The molecular formula is C14H21NO. The lowest BCUT2D eigenvalue weighted by atomic mass is 9.90. The van der Waals surface area contributed by atoms with Crippen molar-refractivity contribution in [3.05, 3.63) is 35.4 Å². The summed E-state index contributed by atoms with van der Waals surface area (Å²) in [7, 11) is 1.79. The highest BCUT2D eigenvalue weighted by molar-refractivity contribution is 5.23. The van der Waals surface area contributed by atoms with E-state index in [1.165, 1.54) is 24.0 Å². The first-order valence-corrected chi connectivity index (χ1v) is 6.04. The minimum absolute atomic E-state index is 0.171. The summed E-state index contributed by atoms with van der Waals surface area (Å²) in [6, 6.07) is 8.83. The molecule has 1 aliphatic heterocycles. The van der Waals surface area contributed by atoms with Gasteiger partial charge in [-0.3, -0.25) is 0 Å². The Hall–Kier alpha value is -0.860. The molecule has 2 rings (SSSR count). The first-order valence-electron chi connectivity index (χ1n) is 6.04. The number of hydrogen-bond acceptors (Lipinski definition) is 2. The number of methoxy groups -OCH3 is 1. The van der Waals surface area contributed by atoms with Crippen LogP contribution in [0.3, 0.4) is 0 Å². The van der Waals surface area contributed by atoms with Gasteiger partial charge in [-0.2, -0.15) is 0 Å². The van der Waals surface area contributed by atoms with Gasteiger partial charge in [-0.05, 0) is 38.3 Å². The Morgan fingerprint density at radius 3 is 2.62 bits per heavy atom. The van der Waals surface area contributed by atoms with Crippen molar-refractivity contribution in [2.24, 2.45) is 0 Å². The molecule has 1 N–H and O–H groups in total. The summed E-state index contributed by atoms with van der Waals surface area (Å²) in [5, 5.41) is 3.61. The van der Waals surface area contributed by atoms with Gasteiger partial charge in [0.2, 0.25) is 0 Å². The Labute approximate surface area is 98.0 Å².